The fourth-order valence-corrected chi connectivity index (χ4v) is 1.79. The Bertz CT molecular complexity index is 410. The molecule has 0 atom stereocenters. The van der Waals surface area contributed by atoms with E-state index in [1.165, 1.54) is 12.1 Å². The Balaban J connectivity index is 2.07. The highest BCUT2D eigenvalue weighted by molar-refractivity contribution is 6.32. The van der Waals surface area contributed by atoms with Gasteiger partial charge in [-0.3, -0.25) is 0 Å². The molecule has 0 spiro atoms. The van der Waals surface area contributed by atoms with Crippen molar-refractivity contribution in [3.63, 3.8) is 0 Å². The van der Waals surface area contributed by atoms with Crippen LogP contribution in [0.1, 0.15) is 6.92 Å². The highest BCUT2D eigenvalue weighted by Crippen LogP contribution is 2.32. The van der Waals surface area contributed by atoms with Crippen molar-refractivity contribution in [2.75, 3.05) is 13.1 Å². The highest BCUT2D eigenvalue weighted by Gasteiger charge is 2.33. The Hall–Kier alpha value is -1.07. The molecule has 17 heavy (non-hydrogen) atoms. The molecule has 0 amide bonds. The van der Waals surface area contributed by atoms with Crippen molar-refractivity contribution in [2.45, 2.75) is 19.1 Å². The Labute approximate surface area is 103 Å². The van der Waals surface area contributed by atoms with E-state index in [9.17, 15) is 8.78 Å². The van der Waals surface area contributed by atoms with Crippen LogP contribution in [0.4, 0.5) is 8.78 Å². The van der Waals surface area contributed by atoms with Gasteiger partial charge in [0.25, 0.3) is 0 Å². The summed E-state index contributed by atoms with van der Waals surface area (Å²) >= 11 is 5.81. The first-order valence-electron chi connectivity index (χ1n) is 5.13. The van der Waals surface area contributed by atoms with Crippen LogP contribution in [0.15, 0.2) is 18.2 Å². The Morgan fingerprint density at radius 2 is 2.12 bits per heavy atom. The van der Waals surface area contributed by atoms with Gasteiger partial charge in [0.15, 0.2) is 0 Å². The lowest BCUT2D eigenvalue weighted by atomic mass is 10.00. The van der Waals surface area contributed by atoms with E-state index in [1.54, 1.807) is 6.07 Å². The molecule has 1 aromatic rings. The van der Waals surface area contributed by atoms with Crippen molar-refractivity contribution < 1.29 is 18.3 Å². The molecule has 0 unspecified atom stereocenters. The minimum atomic E-state index is -2.88. The van der Waals surface area contributed by atoms with Crippen molar-refractivity contribution >= 4 is 11.6 Å². The van der Waals surface area contributed by atoms with E-state index in [-0.39, 0.29) is 16.4 Å². The summed E-state index contributed by atoms with van der Waals surface area (Å²) in [6.45, 7) is 0.577. The van der Waals surface area contributed by atoms with Crippen molar-refractivity contribution in [1.29, 1.82) is 0 Å². The SMILES string of the molecule is CC1(Oc2ccc(OC(F)F)c(Cl)c2)CNC1. The number of hydrogen-bond acceptors (Lipinski definition) is 3. The maximum absolute atomic E-state index is 12.0. The number of nitrogens with one attached hydrogen (secondary N) is 1. The van der Waals surface area contributed by atoms with Crippen LogP contribution in [0.2, 0.25) is 5.02 Å². The number of ether oxygens (including phenoxy) is 2. The molecule has 6 heteroatoms. The fourth-order valence-electron chi connectivity index (χ4n) is 1.57. The van der Waals surface area contributed by atoms with Gasteiger partial charge in [-0.05, 0) is 19.1 Å². The van der Waals surface area contributed by atoms with Gasteiger partial charge in [-0.25, -0.2) is 0 Å². The molecular formula is C11H12ClF2NO2. The quantitative estimate of drug-likeness (QED) is 0.906. The molecule has 1 N–H and O–H groups in total. The minimum absolute atomic E-state index is 0.0501. The van der Waals surface area contributed by atoms with Gasteiger partial charge in [0, 0.05) is 19.2 Å². The normalized spacial score (nSPS) is 17.7. The molecule has 1 aromatic carbocycles. The minimum Gasteiger partial charge on any atom is -0.485 e. The van der Waals surface area contributed by atoms with Crippen LogP contribution in [0.3, 0.4) is 0 Å². The summed E-state index contributed by atoms with van der Waals surface area (Å²) in [5.74, 6) is 0.492. The van der Waals surface area contributed by atoms with Gasteiger partial charge in [-0.1, -0.05) is 11.6 Å². The van der Waals surface area contributed by atoms with Gasteiger partial charge in [-0.15, -0.1) is 0 Å². The third-order valence-corrected chi connectivity index (χ3v) is 2.78. The smallest absolute Gasteiger partial charge is 0.387 e. The predicted molar refractivity (Wildman–Crippen MR) is 60.0 cm³/mol. The molecule has 1 saturated heterocycles. The lowest BCUT2D eigenvalue weighted by Gasteiger charge is -2.39. The van der Waals surface area contributed by atoms with Crippen molar-refractivity contribution in [3.8, 4) is 11.5 Å². The number of rotatable bonds is 4. The standard InChI is InChI=1S/C11H12ClF2NO2/c1-11(5-15-6-11)17-7-2-3-9(8(12)4-7)16-10(13)14/h2-4,10,15H,5-6H2,1H3. The zero-order valence-corrected chi connectivity index (χ0v) is 9.93. The van der Waals surface area contributed by atoms with Crippen LogP contribution in [-0.4, -0.2) is 25.3 Å². The lowest BCUT2D eigenvalue weighted by Crippen LogP contribution is -2.60. The third kappa shape index (κ3) is 2.98. The Kier molecular flexibility index (Phi) is 3.40. The fraction of sp³-hybridized carbons (Fsp3) is 0.455. The molecule has 1 heterocycles. The first-order valence-corrected chi connectivity index (χ1v) is 5.50. The molecule has 0 radical (unpaired) electrons. The van der Waals surface area contributed by atoms with Crippen molar-refractivity contribution in [1.82, 2.24) is 5.32 Å². The summed E-state index contributed by atoms with van der Waals surface area (Å²) in [7, 11) is 0. The number of halogens is 3. The first kappa shape index (κ1) is 12.4. The van der Waals surface area contributed by atoms with Gasteiger partial charge in [0.05, 0.1) is 5.02 Å². The molecule has 94 valence electrons. The van der Waals surface area contributed by atoms with Crippen molar-refractivity contribution in [2.24, 2.45) is 0 Å². The van der Waals surface area contributed by atoms with Crippen molar-refractivity contribution in [3.05, 3.63) is 23.2 Å². The van der Waals surface area contributed by atoms with E-state index < -0.39 is 6.61 Å². The molecule has 1 aliphatic rings. The van der Waals surface area contributed by atoms with E-state index in [1.807, 2.05) is 6.92 Å². The number of hydrogen-bond donors (Lipinski definition) is 1. The second-order valence-corrected chi connectivity index (χ2v) is 4.53. The van der Waals surface area contributed by atoms with Gasteiger partial charge < -0.3 is 14.8 Å². The summed E-state index contributed by atoms with van der Waals surface area (Å²) in [4.78, 5) is 0. The van der Waals surface area contributed by atoms with Crippen LogP contribution >= 0.6 is 11.6 Å². The zero-order chi connectivity index (χ0) is 12.5. The molecule has 0 bridgehead atoms. The molecule has 0 aromatic heterocycles. The monoisotopic (exact) mass is 263 g/mol. The van der Waals surface area contributed by atoms with Crippen LogP contribution in [0.25, 0.3) is 0 Å². The zero-order valence-electron chi connectivity index (χ0n) is 9.17. The van der Waals surface area contributed by atoms with E-state index >= 15 is 0 Å². The van der Waals surface area contributed by atoms with Gasteiger partial charge in [-0.2, -0.15) is 8.78 Å². The molecular weight excluding hydrogens is 252 g/mol. The number of alkyl halides is 2. The van der Waals surface area contributed by atoms with Crippen LogP contribution in [-0.2, 0) is 0 Å². The Morgan fingerprint density at radius 1 is 1.41 bits per heavy atom. The number of benzene rings is 1. The van der Waals surface area contributed by atoms with E-state index in [0.29, 0.717) is 5.75 Å². The topological polar surface area (TPSA) is 30.5 Å². The lowest BCUT2D eigenvalue weighted by molar-refractivity contribution is -0.0499. The second kappa shape index (κ2) is 4.66. The summed E-state index contributed by atoms with van der Waals surface area (Å²) < 4.78 is 34.0. The van der Waals surface area contributed by atoms with E-state index in [4.69, 9.17) is 16.3 Å². The molecule has 0 aliphatic carbocycles. The molecule has 0 saturated carbocycles. The first-order chi connectivity index (χ1) is 7.98. The van der Waals surface area contributed by atoms with Crippen LogP contribution in [0.5, 0.6) is 11.5 Å². The van der Waals surface area contributed by atoms with Gasteiger partial charge >= 0.3 is 6.61 Å². The molecule has 1 aliphatic heterocycles. The third-order valence-electron chi connectivity index (χ3n) is 2.48. The maximum atomic E-state index is 12.0. The summed E-state index contributed by atoms with van der Waals surface area (Å²) in [5, 5.41) is 3.20. The van der Waals surface area contributed by atoms with E-state index in [2.05, 4.69) is 10.1 Å². The van der Waals surface area contributed by atoms with Gasteiger partial charge in [0.1, 0.15) is 17.1 Å². The average molecular weight is 264 g/mol. The summed E-state index contributed by atoms with van der Waals surface area (Å²) in [6, 6.07) is 4.41. The summed E-state index contributed by atoms with van der Waals surface area (Å²) in [6.07, 6.45) is 0. The highest BCUT2D eigenvalue weighted by atomic mass is 35.5. The molecule has 3 nitrogen and oxygen atoms in total. The summed E-state index contributed by atoms with van der Waals surface area (Å²) in [5.41, 5.74) is -0.256. The molecule has 1 fully saturated rings. The van der Waals surface area contributed by atoms with Crippen LogP contribution < -0.4 is 14.8 Å². The van der Waals surface area contributed by atoms with Gasteiger partial charge in [0.2, 0.25) is 0 Å². The largest absolute Gasteiger partial charge is 0.485 e. The molecule has 2 rings (SSSR count). The van der Waals surface area contributed by atoms with E-state index in [0.717, 1.165) is 13.1 Å². The van der Waals surface area contributed by atoms with Crippen LogP contribution in [0, 0.1) is 0 Å². The Morgan fingerprint density at radius 3 is 2.59 bits per heavy atom. The predicted octanol–water partition coefficient (Wildman–Crippen LogP) is 2.68. The average Bonchev–Trinajstić information content (AvgIpc) is 2.19. The maximum Gasteiger partial charge on any atom is 0.387 e. The second-order valence-electron chi connectivity index (χ2n) is 4.13.